The summed E-state index contributed by atoms with van der Waals surface area (Å²) in [5, 5.41) is 9.10. The predicted molar refractivity (Wildman–Crippen MR) is 102 cm³/mol. The molecule has 7 nitrogen and oxygen atoms in total. The van der Waals surface area contributed by atoms with Crippen molar-refractivity contribution in [2.45, 2.75) is 31.6 Å². The molecule has 3 N–H and O–H groups in total. The number of nitrogen functional groups attached to an aromatic ring is 1. The van der Waals surface area contributed by atoms with E-state index in [4.69, 9.17) is 15.6 Å². The van der Waals surface area contributed by atoms with Crippen LogP contribution in [0.15, 0.2) is 24.5 Å². The van der Waals surface area contributed by atoms with Crippen molar-refractivity contribution in [1.82, 2.24) is 14.9 Å². The van der Waals surface area contributed by atoms with Gasteiger partial charge in [-0.25, -0.2) is 14.2 Å². The molecule has 1 amide bonds. The molecule has 2 aromatic rings. The lowest BCUT2D eigenvalue weighted by Crippen LogP contribution is -2.27. The van der Waals surface area contributed by atoms with Gasteiger partial charge < -0.3 is 20.5 Å². The van der Waals surface area contributed by atoms with Gasteiger partial charge in [0.1, 0.15) is 5.82 Å². The Morgan fingerprint density at radius 3 is 2.71 bits per heavy atom. The monoisotopic (exact) mass is 386 g/mol. The van der Waals surface area contributed by atoms with Crippen LogP contribution in [0.3, 0.4) is 0 Å². The summed E-state index contributed by atoms with van der Waals surface area (Å²) in [5.41, 5.74) is 7.17. The maximum atomic E-state index is 15.4. The van der Waals surface area contributed by atoms with Crippen LogP contribution in [0.2, 0.25) is 0 Å². The molecule has 1 unspecified atom stereocenters. The van der Waals surface area contributed by atoms with Crippen LogP contribution in [0.25, 0.3) is 11.3 Å². The lowest BCUT2D eigenvalue weighted by atomic mass is 9.79. The minimum Gasteiger partial charge on any atom is -0.490 e. The highest BCUT2D eigenvalue weighted by Gasteiger charge is 2.30. The van der Waals surface area contributed by atoms with E-state index < -0.39 is 11.9 Å². The van der Waals surface area contributed by atoms with Gasteiger partial charge in [-0.1, -0.05) is 12.5 Å². The van der Waals surface area contributed by atoms with Crippen molar-refractivity contribution in [3.05, 3.63) is 35.9 Å². The van der Waals surface area contributed by atoms with Gasteiger partial charge in [0.2, 0.25) is 0 Å². The number of aromatic nitrogens is 2. The summed E-state index contributed by atoms with van der Waals surface area (Å²) >= 11 is 0. The molecule has 148 valence electrons. The van der Waals surface area contributed by atoms with Gasteiger partial charge in [-0.05, 0) is 31.2 Å². The van der Waals surface area contributed by atoms with Crippen LogP contribution in [0.5, 0.6) is 5.75 Å². The Morgan fingerprint density at radius 1 is 1.29 bits per heavy atom. The number of hydrogen-bond donors (Lipinski definition) is 2. The highest BCUT2D eigenvalue weighted by atomic mass is 19.1. The van der Waals surface area contributed by atoms with Gasteiger partial charge in [0.15, 0.2) is 11.6 Å². The minimum absolute atomic E-state index is 0.0599. The molecule has 8 heteroatoms. The van der Waals surface area contributed by atoms with E-state index in [1.165, 1.54) is 17.3 Å². The topological polar surface area (TPSA) is 102 Å². The highest BCUT2D eigenvalue weighted by Crippen LogP contribution is 2.44. The first kappa shape index (κ1) is 18.5. The fourth-order valence-electron chi connectivity index (χ4n) is 3.78. The molecule has 0 spiro atoms. The van der Waals surface area contributed by atoms with Crippen LogP contribution < -0.4 is 10.5 Å². The first-order chi connectivity index (χ1) is 13.5. The smallest absolute Gasteiger partial charge is 0.407 e. The fraction of sp³-hybridized carbons (Fsp3) is 0.450. The SMILES string of the molecule is Nc1cnc(-c2ccc(C3CCC3)c(OCC3CCN(C(=O)O)C3)c2F)cn1. The quantitative estimate of drug-likeness (QED) is 0.815. The van der Waals surface area contributed by atoms with Gasteiger partial charge in [0, 0.05) is 30.1 Å². The standard InChI is InChI=1S/C20H23FN4O3/c21-18-15(16-8-24-17(22)9-23-16)5-4-14(13-2-1-3-13)19(18)28-11-12-6-7-25(10-12)20(26)27/h4-5,8-9,12-13H,1-3,6-7,10-11H2,(H2,22,24)(H,26,27). The number of halogens is 1. The molecule has 4 rings (SSSR count). The van der Waals surface area contributed by atoms with E-state index in [1.807, 2.05) is 6.07 Å². The Balaban J connectivity index is 1.59. The summed E-state index contributed by atoms with van der Waals surface area (Å²) in [6, 6.07) is 3.63. The molecule has 1 saturated heterocycles. The number of likely N-dealkylation sites (tertiary alicyclic amines) is 1. The number of anilines is 1. The van der Waals surface area contributed by atoms with E-state index in [2.05, 4.69) is 9.97 Å². The first-order valence-corrected chi connectivity index (χ1v) is 9.54. The molecule has 28 heavy (non-hydrogen) atoms. The lowest BCUT2D eigenvalue weighted by molar-refractivity contribution is 0.151. The van der Waals surface area contributed by atoms with Crippen LogP contribution in [0.4, 0.5) is 15.0 Å². The summed E-state index contributed by atoms with van der Waals surface area (Å²) in [6.07, 6.45) is 5.81. The molecular formula is C20H23FN4O3. The van der Waals surface area contributed by atoms with E-state index in [-0.39, 0.29) is 24.1 Å². The minimum atomic E-state index is -0.923. The van der Waals surface area contributed by atoms with Gasteiger partial charge >= 0.3 is 6.09 Å². The predicted octanol–water partition coefficient (Wildman–Crippen LogP) is 3.51. The van der Waals surface area contributed by atoms with E-state index >= 15 is 4.39 Å². The number of hydrogen-bond acceptors (Lipinski definition) is 5. The second kappa shape index (κ2) is 7.61. The molecule has 1 aliphatic carbocycles. The van der Waals surface area contributed by atoms with Crippen molar-refractivity contribution in [2.24, 2.45) is 5.92 Å². The fourth-order valence-corrected chi connectivity index (χ4v) is 3.78. The van der Waals surface area contributed by atoms with Crippen LogP contribution in [-0.4, -0.2) is 45.8 Å². The third-order valence-electron chi connectivity index (χ3n) is 5.64. The Bertz CT molecular complexity index is 870. The number of rotatable bonds is 5. The normalized spacial score (nSPS) is 19.5. The average Bonchev–Trinajstić information content (AvgIpc) is 3.10. The number of benzene rings is 1. The molecule has 1 aromatic carbocycles. The van der Waals surface area contributed by atoms with Crippen molar-refractivity contribution >= 4 is 11.9 Å². The Morgan fingerprint density at radius 2 is 2.11 bits per heavy atom. The van der Waals surface area contributed by atoms with Gasteiger partial charge in [0.05, 0.1) is 24.7 Å². The van der Waals surface area contributed by atoms with Crippen LogP contribution in [0.1, 0.15) is 37.2 Å². The molecule has 1 aliphatic heterocycles. The zero-order chi connectivity index (χ0) is 19.7. The number of amides is 1. The van der Waals surface area contributed by atoms with Crippen molar-refractivity contribution in [2.75, 3.05) is 25.4 Å². The zero-order valence-electron chi connectivity index (χ0n) is 15.5. The van der Waals surface area contributed by atoms with E-state index in [9.17, 15) is 4.79 Å². The van der Waals surface area contributed by atoms with Crippen molar-refractivity contribution in [3.63, 3.8) is 0 Å². The molecule has 1 atom stereocenters. The molecule has 1 saturated carbocycles. The Hall–Kier alpha value is -2.90. The largest absolute Gasteiger partial charge is 0.490 e. The molecule has 0 bridgehead atoms. The number of nitrogens with two attached hydrogens (primary N) is 1. The summed E-state index contributed by atoms with van der Waals surface area (Å²) in [4.78, 5) is 20.6. The summed E-state index contributed by atoms with van der Waals surface area (Å²) in [5.74, 6) is 0.446. The average molecular weight is 386 g/mol. The third kappa shape index (κ3) is 3.58. The summed E-state index contributed by atoms with van der Waals surface area (Å²) in [7, 11) is 0. The second-order valence-corrected chi connectivity index (χ2v) is 7.49. The van der Waals surface area contributed by atoms with Gasteiger partial charge in [-0.3, -0.25) is 4.98 Å². The van der Waals surface area contributed by atoms with E-state index in [0.29, 0.717) is 30.3 Å². The van der Waals surface area contributed by atoms with Crippen LogP contribution in [0, 0.1) is 11.7 Å². The zero-order valence-corrected chi connectivity index (χ0v) is 15.5. The molecular weight excluding hydrogens is 363 g/mol. The number of nitrogens with zero attached hydrogens (tertiary/aromatic N) is 3. The maximum Gasteiger partial charge on any atom is 0.407 e. The van der Waals surface area contributed by atoms with Crippen molar-refractivity contribution < 1.29 is 19.0 Å². The lowest BCUT2D eigenvalue weighted by Gasteiger charge is -2.28. The second-order valence-electron chi connectivity index (χ2n) is 7.49. The Kier molecular flexibility index (Phi) is 5.02. The highest BCUT2D eigenvalue weighted by molar-refractivity contribution is 5.65. The summed E-state index contributed by atoms with van der Waals surface area (Å²) in [6.45, 7) is 1.19. The molecule has 2 heterocycles. The Labute approximate surface area is 162 Å². The van der Waals surface area contributed by atoms with Crippen LogP contribution in [-0.2, 0) is 0 Å². The summed E-state index contributed by atoms with van der Waals surface area (Å²) < 4.78 is 21.3. The van der Waals surface area contributed by atoms with Crippen molar-refractivity contribution in [3.8, 4) is 17.0 Å². The van der Waals surface area contributed by atoms with Crippen LogP contribution >= 0.6 is 0 Å². The van der Waals surface area contributed by atoms with E-state index in [0.717, 1.165) is 31.2 Å². The first-order valence-electron chi connectivity index (χ1n) is 9.54. The van der Waals surface area contributed by atoms with Gasteiger partial charge in [0.25, 0.3) is 0 Å². The third-order valence-corrected chi connectivity index (χ3v) is 5.64. The maximum absolute atomic E-state index is 15.4. The molecule has 1 aromatic heterocycles. The van der Waals surface area contributed by atoms with Gasteiger partial charge in [-0.2, -0.15) is 0 Å². The molecule has 2 fully saturated rings. The number of carboxylic acid groups (broad SMARTS) is 1. The number of ether oxygens (including phenoxy) is 1. The van der Waals surface area contributed by atoms with E-state index in [1.54, 1.807) is 6.07 Å². The number of carbonyl (C=O) groups is 1. The van der Waals surface area contributed by atoms with Gasteiger partial charge in [-0.15, -0.1) is 0 Å². The van der Waals surface area contributed by atoms with Crippen molar-refractivity contribution in [1.29, 1.82) is 0 Å². The molecule has 0 radical (unpaired) electrons. The molecule has 2 aliphatic rings.